The minimum atomic E-state index is -0.0831. The van der Waals surface area contributed by atoms with E-state index in [2.05, 4.69) is 5.32 Å². The molecular weight excluding hydrogens is 298 g/mol. The number of ketones is 1. The molecule has 0 aliphatic rings. The van der Waals surface area contributed by atoms with Gasteiger partial charge in [0, 0.05) is 17.8 Å². The van der Waals surface area contributed by atoms with E-state index in [0.29, 0.717) is 17.2 Å². The fraction of sp³-hybridized carbons (Fsp3) is 0.167. The summed E-state index contributed by atoms with van der Waals surface area (Å²) in [4.78, 5) is 12.1. The molecule has 0 saturated heterocycles. The minimum Gasteiger partial charge on any atom is -0.494 e. The number of anilines is 1. The Labute approximate surface area is 135 Å². The number of rotatable bonds is 6. The van der Waals surface area contributed by atoms with Gasteiger partial charge in [0.05, 0.1) is 17.3 Å². The molecule has 0 unspecified atom stereocenters. The molecule has 0 aromatic heterocycles. The van der Waals surface area contributed by atoms with E-state index in [9.17, 15) is 4.79 Å². The molecule has 2 rings (SSSR count). The van der Waals surface area contributed by atoms with Crippen LogP contribution in [0.15, 0.2) is 54.7 Å². The number of hydrogen-bond acceptors (Lipinski definition) is 3. The van der Waals surface area contributed by atoms with Gasteiger partial charge in [-0.1, -0.05) is 23.7 Å². The van der Waals surface area contributed by atoms with E-state index in [1.54, 1.807) is 36.5 Å². The predicted octanol–water partition coefficient (Wildman–Crippen LogP) is 4.86. The molecular formula is C18H18ClNO2. The molecule has 0 amide bonds. The molecule has 22 heavy (non-hydrogen) atoms. The van der Waals surface area contributed by atoms with Crippen LogP contribution in [0.25, 0.3) is 0 Å². The van der Waals surface area contributed by atoms with E-state index in [1.807, 2.05) is 26.0 Å². The SMILES string of the molecule is CCOc1ccc(C(=O)C=CNc2c(C)cccc2Cl)cc1. The first-order chi connectivity index (χ1) is 10.6. The van der Waals surface area contributed by atoms with Gasteiger partial charge in [0.15, 0.2) is 5.78 Å². The maximum absolute atomic E-state index is 12.1. The summed E-state index contributed by atoms with van der Waals surface area (Å²) in [7, 11) is 0. The number of nitrogens with one attached hydrogen (secondary N) is 1. The zero-order valence-electron chi connectivity index (χ0n) is 12.6. The van der Waals surface area contributed by atoms with Crippen molar-refractivity contribution in [2.45, 2.75) is 13.8 Å². The first kappa shape index (κ1) is 16.1. The molecule has 3 nitrogen and oxygen atoms in total. The Balaban J connectivity index is 2.02. The Kier molecular flexibility index (Phi) is 5.61. The summed E-state index contributed by atoms with van der Waals surface area (Å²) in [6.07, 6.45) is 3.09. The fourth-order valence-electron chi connectivity index (χ4n) is 1.99. The van der Waals surface area contributed by atoms with Gasteiger partial charge in [0.25, 0.3) is 0 Å². The summed E-state index contributed by atoms with van der Waals surface area (Å²) < 4.78 is 5.35. The summed E-state index contributed by atoms with van der Waals surface area (Å²) in [6, 6.07) is 12.7. The van der Waals surface area contributed by atoms with Crippen molar-refractivity contribution in [3.63, 3.8) is 0 Å². The minimum absolute atomic E-state index is 0.0831. The van der Waals surface area contributed by atoms with Gasteiger partial charge < -0.3 is 10.1 Å². The van der Waals surface area contributed by atoms with Crippen LogP contribution in [-0.4, -0.2) is 12.4 Å². The number of halogens is 1. The third-order valence-corrected chi connectivity index (χ3v) is 3.45. The number of carbonyl (C=O) groups is 1. The highest BCUT2D eigenvalue weighted by atomic mass is 35.5. The zero-order chi connectivity index (χ0) is 15.9. The van der Waals surface area contributed by atoms with Gasteiger partial charge in [-0.05, 0) is 49.7 Å². The van der Waals surface area contributed by atoms with Crippen LogP contribution in [0.5, 0.6) is 5.75 Å². The van der Waals surface area contributed by atoms with Gasteiger partial charge in [0.2, 0.25) is 0 Å². The van der Waals surface area contributed by atoms with E-state index < -0.39 is 0 Å². The summed E-state index contributed by atoms with van der Waals surface area (Å²) in [5.74, 6) is 0.674. The maximum Gasteiger partial charge on any atom is 0.187 e. The third kappa shape index (κ3) is 4.12. The smallest absolute Gasteiger partial charge is 0.187 e. The van der Waals surface area contributed by atoms with Crippen LogP contribution in [0.1, 0.15) is 22.8 Å². The number of allylic oxidation sites excluding steroid dienone is 1. The number of benzene rings is 2. The van der Waals surface area contributed by atoms with Crippen molar-refractivity contribution in [1.29, 1.82) is 0 Å². The van der Waals surface area contributed by atoms with Gasteiger partial charge in [-0.3, -0.25) is 4.79 Å². The summed E-state index contributed by atoms with van der Waals surface area (Å²) in [6.45, 7) is 4.48. The lowest BCUT2D eigenvalue weighted by molar-refractivity contribution is 0.104. The molecule has 4 heteroatoms. The van der Waals surface area contributed by atoms with Crippen LogP contribution < -0.4 is 10.1 Å². The summed E-state index contributed by atoms with van der Waals surface area (Å²) >= 11 is 6.11. The molecule has 0 aliphatic carbocycles. The second-order valence-corrected chi connectivity index (χ2v) is 5.14. The molecule has 1 N–H and O–H groups in total. The van der Waals surface area contributed by atoms with E-state index in [1.165, 1.54) is 6.08 Å². The van der Waals surface area contributed by atoms with Crippen LogP contribution >= 0.6 is 11.6 Å². The number of carbonyl (C=O) groups excluding carboxylic acids is 1. The number of aryl methyl sites for hydroxylation is 1. The van der Waals surface area contributed by atoms with E-state index >= 15 is 0 Å². The van der Waals surface area contributed by atoms with Gasteiger partial charge in [-0.15, -0.1) is 0 Å². The Morgan fingerprint density at radius 3 is 2.59 bits per heavy atom. The average molecular weight is 316 g/mol. The Hall–Kier alpha value is -2.26. The molecule has 0 atom stereocenters. The number of ether oxygens (including phenoxy) is 1. The highest BCUT2D eigenvalue weighted by molar-refractivity contribution is 6.33. The van der Waals surface area contributed by atoms with Crippen LogP contribution in [0.3, 0.4) is 0 Å². The largest absolute Gasteiger partial charge is 0.494 e. The van der Waals surface area contributed by atoms with Crippen molar-refractivity contribution in [3.05, 3.63) is 70.9 Å². The molecule has 2 aromatic rings. The van der Waals surface area contributed by atoms with Crippen LogP contribution in [0.4, 0.5) is 5.69 Å². The second-order valence-electron chi connectivity index (χ2n) is 4.73. The topological polar surface area (TPSA) is 38.3 Å². The average Bonchev–Trinajstić information content (AvgIpc) is 2.51. The fourth-order valence-corrected chi connectivity index (χ4v) is 2.27. The van der Waals surface area contributed by atoms with E-state index in [-0.39, 0.29) is 5.78 Å². The summed E-state index contributed by atoms with van der Waals surface area (Å²) in [5.41, 5.74) is 2.43. The van der Waals surface area contributed by atoms with Gasteiger partial charge in [-0.2, -0.15) is 0 Å². The molecule has 2 aromatic carbocycles. The van der Waals surface area contributed by atoms with Crippen molar-refractivity contribution in [3.8, 4) is 5.75 Å². The molecule has 0 bridgehead atoms. The van der Waals surface area contributed by atoms with Crippen molar-refractivity contribution < 1.29 is 9.53 Å². The molecule has 0 fully saturated rings. The Morgan fingerprint density at radius 1 is 1.23 bits per heavy atom. The number of hydrogen-bond donors (Lipinski definition) is 1. The lowest BCUT2D eigenvalue weighted by Gasteiger charge is -2.07. The van der Waals surface area contributed by atoms with Crippen LogP contribution in [0.2, 0.25) is 5.02 Å². The summed E-state index contributed by atoms with van der Waals surface area (Å²) in [5, 5.41) is 3.68. The number of para-hydroxylation sites is 1. The highest BCUT2D eigenvalue weighted by Crippen LogP contribution is 2.25. The van der Waals surface area contributed by atoms with Crippen molar-refractivity contribution in [2.75, 3.05) is 11.9 Å². The van der Waals surface area contributed by atoms with Crippen molar-refractivity contribution in [1.82, 2.24) is 0 Å². The van der Waals surface area contributed by atoms with Gasteiger partial charge in [0.1, 0.15) is 5.75 Å². The van der Waals surface area contributed by atoms with Gasteiger partial charge in [-0.25, -0.2) is 0 Å². The molecule has 0 radical (unpaired) electrons. The second kappa shape index (κ2) is 7.66. The van der Waals surface area contributed by atoms with Crippen molar-refractivity contribution in [2.24, 2.45) is 0 Å². The Bertz CT molecular complexity index is 658. The molecule has 0 spiro atoms. The maximum atomic E-state index is 12.1. The van der Waals surface area contributed by atoms with Crippen molar-refractivity contribution >= 4 is 23.1 Å². The van der Waals surface area contributed by atoms with E-state index in [0.717, 1.165) is 17.0 Å². The third-order valence-electron chi connectivity index (χ3n) is 3.13. The predicted molar refractivity (Wildman–Crippen MR) is 90.9 cm³/mol. The molecule has 0 heterocycles. The Morgan fingerprint density at radius 2 is 1.95 bits per heavy atom. The quantitative estimate of drug-likeness (QED) is 0.611. The first-order valence-corrected chi connectivity index (χ1v) is 7.45. The highest BCUT2D eigenvalue weighted by Gasteiger charge is 2.03. The first-order valence-electron chi connectivity index (χ1n) is 7.07. The lowest BCUT2D eigenvalue weighted by Crippen LogP contribution is -1.98. The molecule has 0 aliphatic heterocycles. The standard InChI is InChI=1S/C18H18ClNO2/c1-3-22-15-9-7-14(8-10-15)17(21)11-12-20-18-13(2)5-4-6-16(18)19/h4-12,20H,3H2,1-2H3. The van der Waals surface area contributed by atoms with E-state index in [4.69, 9.17) is 16.3 Å². The van der Waals surface area contributed by atoms with Gasteiger partial charge >= 0.3 is 0 Å². The van der Waals surface area contributed by atoms with Crippen LogP contribution in [0, 0.1) is 6.92 Å². The van der Waals surface area contributed by atoms with Crippen LogP contribution in [-0.2, 0) is 0 Å². The lowest BCUT2D eigenvalue weighted by atomic mass is 10.1. The zero-order valence-corrected chi connectivity index (χ0v) is 13.4. The molecule has 114 valence electrons. The monoisotopic (exact) mass is 315 g/mol. The normalized spacial score (nSPS) is 10.7. The molecule has 0 saturated carbocycles.